The Morgan fingerprint density at radius 1 is 1.25 bits per heavy atom. The maximum Gasteiger partial charge on any atom is 0.511 e. The van der Waals surface area contributed by atoms with Crippen molar-refractivity contribution in [3.05, 3.63) is 33.3 Å². The Morgan fingerprint density at radius 3 is 2.59 bits per heavy atom. The van der Waals surface area contributed by atoms with E-state index < -0.39 is 17.4 Å². The average Bonchev–Trinajstić information content (AvgIpc) is 3.48. The predicted octanol–water partition coefficient (Wildman–Crippen LogP) is 4.14. The number of fused-ring (bicyclic) bond motifs is 3. The van der Waals surface area contributed by atoms with Crippen molar-refractivity contribution in [1.82, 2.24) is 4.57 Å². The molecule has 9 heteroatoms. The second-order valence-electron chi connectivity index (χ2n) is 9.99. The van der Waals surface area contributed by atoms with Gasteiger partial charge in [-0.15, -0.1) is 0 Å². The molecule has 2 unspecified atom stereocenters. The number of benzene rings is 1. The van der Waals surface area contributed by atoms with E-state index in [0.717, 1.165) is 38.5 Å². The molecule has 1 aromatic carbocycles. The fourth-order valence-electron chi connectivity index (χ4n) is 6.58. The van der Waals surface area contributed by atoms with Gasteiger partial charge in [-0.25, -0.2) is 9.18 Å². The van der Waals surface area contributed by atoms with Gasteiger partial charge < -0.3 is 25.0 Å². The highest BCUT2D eigenvalue weighted by Gasteiger charge is 2.55. The first kappa shape index (κ1) is 20.3. The summed E-state index contributed by atoms with van der Waals surface area (Å²) in [5, 5.41) is 9.22. The van der Waals surface area contributed by atoms with Gasteiger partial charge >= 0.3 is 6.16 Å². The van der Waals surface area contributed by atoms with Crippen LogP contribution < -0.4 is 20.8 Å². The van der Waals surface area contributed by atoms with Crippen LogP contribution in [0.1, 0.15) is 44.6 Å². The van der Waals surface area contributed by atoms with Gasteiger partial charge in [0.2, 0.25) is 5.43 Å². The fraction of sp³-hybridized carbons (Fsp3) is 0.565. The lowest BCUT2D eigenvalue weighted by Crippen LogP contribution is -2.58. The Hall–Kier alpha value is -2.32. The number of aromatic nitrogens is 1. The van der Waals surface area contributed by atoms with Gasteiger partial charge in [0.25, 0.3) is 0 Å². The van der Waals surface area contributed by atoms with Crippen LogP contribution in [-0.2, 0) is 0 Å². The predicted molar refractivity (Wildman–Crippen MR) is 118 cm³/mol. The number of halogens is 2. The van der Waals surface area contributed by atoms with Crippen LogP contribution in [0.4, 0.5) is 14.9 Å². The second kappa shape index (κ2) is 6.84. The average molecular weight is 462 g/mol. The molecule has 0 amide bonds. The first-order valence-electron chi connectivity index (χ1n) is 11.3. The maximum absolute atomic E-state index is 15.5. The van der Waals surface area contributed by atoms with Crippen LogP contribution in [0.3, 0.4) is 0 Å². The number of nitrogens with zero attached hydrogens (tertiary/aromatic N) is 2. The zero-order valence-electron chi connectivity index (χ0n) is 17.5. The topological polar surface area (TPSA) is 97.8 Å². The fourth-order valence-corrected chi connectivity index (χ4v) is 6.99. The van der Waals surface area contributed by atoms with Gasteiger partial charge in [0.1, 0.15) is 5.82 Å². The lowest BCUT2D eigenvalue weighted by atomic mass is 9.56. The summed E-state index contributed by atoms with van der Waals surface area (Å²) >= 11 is 6.82. The third kappa shape index (κ3) is 2.88. The van der Waals surface area contributed by atoms with E-state index in [-0.39, 0.29) is 27.7 Å². The van der Waals surface area contributed by atoms with Crippen molar-refractivity contribution in [1.29, 1.82) is 0 Å². The third-order valence-electron chi connectivity index (χ3n) is 8.28. The third-order valence-corrected chi connectivity index (χ3v) is 8.63. The lowest BCUT2D eigenvalue weighted by Gasteiger charge is -2.52. The Morgan fingerprint density at radius 2 is 1.97 bits per heavy atom. The molecule has 1 aromatic heterocycles. The van der Waals surface area contributed by atoms with Gasteiger partial charge in [0.15, 0.2) is 5.75 Å². The monoisotopic (exact) mass is 461 g/mol. The molecule has 32 heavy (non-hydrogen) atoms. The van der Waals surface area contributed by atoms with Gasteiger partial charge in [-0.3, -0.25) is 4.79 Å². The molecule has 7 rings (SSSR count). The molecule has 5 aliphatic rings. The van der Waals surface area contributed by atoms with Crippen LogP contribution in [0.2, 0.25) is 5.02 Å². The highest BCUT2D eigenvalue weighted by atomic mass is 35.5. The highest BCUT2D eigenvalue weighted by molar-refractivity contribution is 6.38. The number of carboxylic acid groups (broad SMARTS) is 1. The molecule has 2 bridgehead atoms. The number of anilines is 1. The van der Waals surface area contributed by atoms with Gasteiger partial charge in [-0.1, -0.05) is 11.6 Å². The number of pyridine rings is 1. The summed E-state index contributed by atoms with van der Waals surface area (Å²) in [4.78, 5) is 25.9. The SMILES string of the molecule is NC12CCC(CC1)C1CN(c3c(F)cc4c(=O)c(OC(=O)O)cn(C5CC5)c4c3Cl)CC12. The summed E-state index contributed by atoms with van der Waals surface area (Å²) in [6, 6.07) is 1.26. The van der Waals surface area contributed by atoms with Gasteiger partial charge in [-0.05, 0) is 62.3 Å². The smallest absolute Gasteiger partial charge is 0.449 e. The van der Waals surface area contributed by atoms with E-state index in [1.165, 1.54) is 12.3 Å². The van der Waals surface area contributed by atoms with Crippen molar-refractivity contribution < 1.29 is 19.0 Å². The van der Waals surface area contributed by atoms with E-state index in [1.807, 2.05) is 4.90 Å². The molecule has 7 nitrogen and oxygen atoms in total. The van der Waals surface area contributed by atoms with E-state index in [4.69, 9.17) is 22.4 Å². The molecule has 0 spiro atoms. The Bertz CT molecular complexity index is 1200. The minimum Gasteiger partial charge on any atom is -0.449 e. The van der Waals surface area contributed by atoms with E-state index >= 15 is 4.39 Å². The molecule has 2 aromatic rings. The zero-order valence-corrected chi connectivity index (χ0v) is 18.3. The Labute approximate surface area is 188 Å². The summed E-state index contributed by atoms with van der Waals surface area (Å²) in [7, 11) is 0. The summed E-state index contributed by atoms with van der Waals surface area (Å²) in [5.74, 6) is 0.460. The van der Waals surface area contributed by atoms with Crippen molar-refractivity contribution in [3.63, 3.8) is 0 Å². The first-order chi connectivity index (χ1) is 15.3. The van der Waals surface area contributed by atoms with Gasteiger partial charge in [0, 0.05) is 24.7 Å². The normalized spacial score (nSPS) is 31.2. The first-order valence-corrected chi connectivity index (χ1v) is 11.7. The standard InChI is InChI=1S/C23H25ClFN3O4/c24-18-19-13(21(29)17(32-22(30)31)10-28(19)12-1-2-12)7-16(25)20(18)27-8-14-11-3-5-23(26,6-4-11)15(14)9-27/h7,10-12,14-15H,1-6,8-9,26H2,(H,30,31). The van der Waals surface area contributed by atoms with Crippen LogP contribution >= 0.6 is 11.6 Å². The molecule has 4 aliphatic carbocycles. The molecular formula is C23H25ClFN3O4. The van der Waals surface area contributed by atoms with Crippen molar-refractivity contribution in [2.75, 3.05) is 18.0 Å². The van der Waals surface area contributed by atoms with E-state index in [9.17, 15) is 9.59 Å². The highest BCUT2D eigenvalue weighted by Crippen LogP contribution is 2.54. The lowest BCUT2D eigenvalue weighted by molar-refractivity contribution is 0.0318. The van der Waals surface area contributed by atoms with Gasteiger partial charge in [0.05, 0.1) is 27.8 Å². The minimum atomic E-state index is -1.59. The van der Waals surface area contributed by atoms with Crippen LogP contribution in [0, 0.1) is 23.6 Å². The molecule has 1 saturated heterocycles. The summed E-state index contributed by atoms with van der Waals surface area (Å²) < 4.78 is 21.9. The molecule has 2 heterocycles. The van der Waals surface area contributed by atoms with Gasteiger partial charge in [-0.2, -0.15) is 0 Å². The van der Waals surface area contributed by atoms with Crippen LogP contribution in [0.25, 0.3) is 10.9 Å². The van der Waals surface area contributed by atoms with E-state index in [1.54, 1.807) is 4.57 Å². The van der Waals surface area contributed by atoms with Crippen LogP contribution in [-0.4, -0.2) is 34.5 Å². The molecule has 3 N–H and O–H groups in total. The second-order valence-corrected chi connectivity index (χ2v) is 10.4. The van der Waals surface area contributed by atoms with Crippen molar-refractivity contribution in [2.45, 2.75) is 50.1 Å². The number of rotatable bonds is 3. The number of hydrogen-bond acceptors (Lipinski definition) is 5. The van der Waals surface area contributed by atoms with Crippen molar-refractivity contribution in [2.24, 2.45) is 23.5 Å². The summed E-state index contributed by atoms with van der Waals surface area (Å²) in [6.45, 7) is 1.37. The molecule has 1 aliphatic heterocycles. The van der Waals surface area contributed by atoms with Crippen molar-refractivity contribution in [3.8, 4) is 5.75 Å². The van der Waals surface area contributed by atoms with E-state index in [0.29, 0.717) is 42.0 Å². The number of nitrogens with two attached hydrogens (primary N) is 1. The number of carbonyl (C=O) groups is 1. The molecule has 5 fully saturated rings. The number of ether oxygens (including phenoxy) is 1. The molecule has 0 radical (unpaired) electrons. The Kier molecular flexibility index (Phi) is 4.34. The van der Waals surface area contributed by atoms with E-state index in [2.05, 4.69) is 4.74 Å². The molecule has 2 atom stereocenters. The Balaban J connectivity index is 1.49. The van der Waals surface area contributed by atoms with Crippen molar-refractivity contribution >= 4 is 34.3 Å². The summed E-state index contributed by atoms with van der Waals surface area (Å²) in [6.07, 6.45) is 5.86. The summed E-state index contributed by atoms with van der Waals surface area (Å²) in [5.41, 5.74) is 6.66. The zero-order chi connectivity index (χ0) is 22.4. The quantitative estimate of drug-likeness (QED) is 0.667. The molecular weight excluding hydrogens is 437 g/mol. The molecule has 4 saturated carbocycles. The maximum atomic E-state index is 15.5. The molecule has 170 valence electrons. The largest absolute Gasteiger partial charge is 0.511 e. The van der Waals surface area contributed by atoms with Crippen LogP contribution in [0.5, 0.6) is 5.75 Å². The minimum absolute atomic E-state index is 0.0360. The number of hydrogen-bond donors (Lipinski definition) is 2. The van der Waals surface area contributed by atoms with Crippen LogP contribution in [0.15, 0.2) is 17.1 Å².